The van der Waals surface area contributed by atoms with Crippen molar-refractivity contribution in [3.05, 3.63) is 65.5 Å². The fourth-order valence-corrected chi connectivity index (χ4v) is 4.78. The van der Waals surface area contributed by atoms with Gasteiger partial charge in [-0.05, 0) is 54.5 Å². The highest BCUT2D eigenvalue weighted by Crippen LogP contribution is 2.63. The Morgan fingerprint density at radius 2 is 1.84 bits per heavy atom. The van der Waals surface area contributed by atoms with E-state index in [0.717, 1.165) is 18.6 Å². The fraction of sp³-hybridized carbons (Fsp3) is 0.348. The topological polar surface area (TPSA) is 84.2 Å². The second-order valence-corrected chi connectivity index (χ2v) is 8.77. The van der Waals surface area contributed by atoms with E-state index < -0.39 is 17.7 Å². The summed E-state index contributed by atoms with van der Waals surface area (Å²) in [5.74, 6) is -1.37. The third-order valence-electron chi connectivity index (χ3n) is 6.68. The highest BCUT2D eigenvalue weighted by molar-refractivity contribution is 6.05. The minimum Gasteiger partial charge on any atom is -0.481 e. The Morgan fingerprint density at radius 1 is 1.12 bits per heavy atom. The first kappa shape index (κ1) is 20.5. The summed E-state index contributed by atoms with van der Waals surface area (Å²) in [6, 6.07) is 8.29. The molecule has 0 aliphatic heterocycles. The van der Waals surface area contributed by atoms with Crippen molar-refractivity contribution in [3.8, 4) is 0 Å². The Labute approximate surface area is 181 Å². The van der Waals surface area contributed by atoms with E-state index in [1.807, 2.05) is 0 Å². The van der Waals surface area contributed by atoms with Crippen LogP contribution in [0, 0.1) is 11.3 Å². The molecule has 32 heavy (non-hydrogen) atoms. The number of aliphatic carboxylic acids is 1. The highest BCUT2D eigenvalue weighted by Gasteiger charge is 2.63. The third-order valence-corrected chi connectivity index (χ3v) is 6.68. The van der Waals surface area contributed by atoms with Gasteiger partial charge in [0.05, 0.1) is 28.1 Å². The van der Waals surface area contributed by atoms with Crippen molar-refractivity contribution in [2.24, 2.45) is 11.3 Å². The standard InChI is InChI=1S/C23H20F3N3O3/c24-23(25,26)15-3-1-13(2-4-15)12-29-8-6-17-19(29)16(5-7-27-17)20(30)28-18-11-22(18)9-14(10-22)21(31)32/h1-8,14,18H,9-12H2,(H,28,30)(H,31,32). The van der Waals surface area contributed by atoms with Crippen molar-refractivity contribution in [2.45, 2.75) is 38.0 Å². The van der Waals surface area contributed by atoms with E-state index in [4.69, 9.17) is 5.11 Å². The summed E-state index contributed by atoms with van der Waals surface area (Å²) in [4.78, 5) is 28.4. The number of halogens is 3. The van der Waals surface area contributed by atoms with E-state index in [1.54, 1.807) is 29.1 Å². The summed E-state index contributed by atoms with van der Waals surface area (Å²) < 4.78 is 40.2. The number of hydrogen-bond donors (Lipinski definition) is 2. The summed E-state index contributed by atoms with van der Waals surface area (Å²) in [6.07, 6.45) is 0.870. The van der Waals surface area contributed by atoms with Gasteiger partial charge in [-0.25, -0.2) is 0 Å². The van der Waals surface area contributed by atoms with Crippen LogP contribution in [0.1, 0.15) is 40.7 Å². The first-order valence-electron chi connectivity index (χ1n) is 10.3. The van der Waals surface area contributed by atoms with Crippen molar-refractivity contribution in [1.82, 2.24) is 14.9 Å². The average Bonchev–Trinajstić information content (AvgIpc) is 3.29. The summed E-state index contributed by atoms with van der Waals surface area (Å²) >= 11 is 0. The highest BCUT2D eigenvalue weighted by atomic mass is 19.4. The summed E-state index contributed by atoms with van der Waals surface area (Å²) in [5, 5.41) is 12.1. The largest absolute Gasteiger partial charge is 0.481 e. The number of aromatic nitrogens is 2. The number of alkyl halides is 3. The summed E-state index contributed by atoms with van der Waals surface area (Å²) in [6.45, 7) is 0.293. The van der Waals surface area contributed by atoms with Crippen LogP contribution < -0.4 is 5.32 Å². The molecule has 6 nitrogen and oxygen atoms in total. The van der Waals surface area contributed by atoms with Crippen LogP contribution in [0.3, 0.4) is 0 Å². The summed E-state index contributed by atoms with van der Waals surface area (Å²) in [7, 11) is 0. The third kappa shape index (κ3) is 3.51. The zero-order valence-electron chi connectivity index (χ0n) is 16.9. The second kappa shape index (κ2) is 7.08. The molecule has 5 rings (SSSR count). The van der Waals surface area contributed by atoms with Crippen LogP contribution in [0.25, 0.3) is 11.0 Å². The molecule has 1 atom stereocenters. The molecule has 2 N–H and O–H groups in total. The monoisotopic (exact) mass is 443 g/mol. The lowest BCUT2D eigenvalue weighted by Crippen LogP contribution is -2.39. The number of carbonyl (C=O) groups excluding carboxylic acids is 1. The van der Waals surface area contributed by atoms with Crippen LogP contribution in [0.2, 0.25) is 0 Å². The SMILES string of the molecule is O=C(NC1CC12CC(C(=O)O)C2)c1ccnc2ccn(Cc3ccc(C(F)(F)F)cc3)c12. The molecule has 1 unspecified atom stereocenters. The molecule has 0 bridgehead atoms. The fourth-order valence-electron chi connectivity index (χ4n) is 4.78. The lowest BCUT2D eigenvalue weighted by Gasteiger charge is -2.33. The number of carboxylic acids is 1. The average molecular weight is 443 g/mol. The molecule has 1 aromatic carbocycles. The molecule has 166 valence electrons. The van der Waals surface area contributed by atoms with Gasteiger partial charge in [-0.1, -0.05) is 12.1 Å². The molecule has 2 aromatic heterocycles. The molecule has 3 aromatic rings. The Balaban J connectivity index is 1.34. The Morgan fingerprint density at radius 3 is 2.50 bits per heavy atom. The molecule has 2 aliphatic rings. The van der Waals surface area contributed by atoms with Gasteiger partial charge in [-0.2, -0.15) is 13.2 Å². The molecular formula is C23H20F3N3O3. The molecule has 9 heteroatoms. The molecule has 2 aliphatic carbocycles. The molecule has 0 saturated heterocycles. The number of hydrogen-bond acceptors (Lipinski definition) is 3. The zero-order valence-corrected chi connectivity index (χ0v) is 16.9. The first-order chi connectivity index (χ1) is 15.2. The van der Waals surface area contributed by atoms with Gasteiger partial charge in [-0.3, -0.25) is 14.6 Å². The van der Waals surface area contributed by atoms with Crippen LogP contribution in [0.5, 0.6) is 0 Å². The molecule has 1 spiro atoms. The molecule has 2 saturated carbocycles. The van der Waals surface area contributed by atoms with Crippen molar-refractivity contribution >= 4 is 22.9 Å². The van der Waals surface area contributed by atoms with Crippen LogP contribution >= 0.6 is 0 Å². The van der Waals surface area contributed by atoms with Crippen molar-refractivity contribution in [3.63, 3.8) is 0 Å². The number of carbonyl (C=O) groups is 2. The maximum atomic E-state index is 13.0. The van der Waals surface area contributed by atoms with E-state index in [9.17, 15) is 22.8 Å². The molecule has 2 heterocycles. The second-order valence-electron chi connectivity index (χ2n) is 8.77. The maximum absolute atomic E-state index is 13.0. The number of nitrogens with one attached hydrogen (secondary N) is 1. The first-order valence-corrected chi connectivity index (χ1v) is 10.3. The number of fused-ring (bicyclic) bond motifs is 1. The quantitative estimate of drug-likeness (QED) is 0.622. The van der Waals surface area contributed by atoms with Gasteiger partial charge in [-0.15, -0.1) is 0 Å². The van der Waals surface area contributed by atoms with Crippen LogP contribution in [-0.2, 0) is 17.5 Å². The maximum Gasteiger partial charge on any atom is 0.416 e. The van der Waals surface area contributed by atoms with Crippen molar-refractivity contribution in [1.29, 1.82) is 0 Å². The van der Waals surface area contributed by atoms with Gasteiger partial charge in [0.2, 0.25) is 0 Å². The van der Waals surface area contributed by atoms with E-state index in [0.29, 0.717) is 41.5 Å². The van der Waals surface area contributed by atoms with Gasteiger partial charge in [0, 0.05) is 25.0 Å². The Kier molecular flexibility index (Phi) is 4.54. The Bertz CT molecular complexity index is 1210. The van der Waals surface area contributed by atoms with Gasteiger partial charge in [0.15, 0.2) is 0 Å². The smallest absolute Gasteiger partial charge is 0.416 e. The van der Waals surface area contributed by atoms with Gasteiger partial charge >= 0.3 is 12.1 Å². The zero-order chi connectivity index (χ0) is 22.7. The number of carboxylic acid groups (broad SMARTS) is 1. The summed E-state index contributed by atoms with van der Waals surface area (Å²) in [5.41, 5.74) is 1.53. The van der Waals surface area contributed by atoms with Gasteiger partial charge < -0.3 is 15.0 Å². The lowest BCUT2D eigenvalue weighted by molar-refractivity contribution is -0.147. The molecular weight excluding hydrogens is 423 g/mol. The molecule has 2 fully saturated rings. The van der Waals surface area contributed by atoms with Crippen molar-refractivity contribution in [2.75, 3.05) is 0 Å². The molecule has 1 amide bonds. The number of benzene rings is 1. The van der Waals surface area contributed by atoms with Gasteiger partial charge in [0.1, 0.15) is 0 Å². The number of nitrogens with zero attached hydrogens (tertiary/aromatic N) is 2. The van der Waals surface area contributed by atoms with Crippen LogP contribution in [-0.4, -0.2) is 32.6 Å². The molecule has 0 radical (unpaired) electrons. The van der Waals surface area contributed by atoms with E-state index in [1.165, 1.54) is 12.1 Å². The predicted molar refractivity (Wildman–Crippen MR) is 109 cm³/mol. The predicted octanol–water partition coefficient (Wildman–Crippen LogP) is 4.09. The minimum atomic E-state index is -4.39. The Hall–Kier alpha value is -3.36. The van der Waals surface area contributed by atoms with Crippen LogP contribution in [0.15, 0.2) is 48.8 Å². The van der Waals surface area contributed by atoms with Crippen molar-refractivity contribution < 1.29 is 27.9 Å². The van der Waals surface area contributed by atoms with E-state index in [-0.39, 0.29) is 23.3 Å². The normalized spacial score (nSPS) is 24.3. The van der Waals surface area contributed by atoms with Crippen LogP contribution in [0.4, 0.5) is 13.2 Å². The van der Waals surface area contributed by atoms with Gasteiger partial charge in [0.25, 0.3) is 5.91 Å². The number of amides is 1. The number of rotatable bonds is 5. The minimum absolute atomic E-state index is 0.0351. The number of pyridine rings is 1. The van der Waals surface area contributed by atoms with E-state index >= 15 is 0 Å². The lowest BCUT2D eigenvalue weighted by atomic mass is 9.71. The van der Waals surface area contributed by atoms with E-state index in [2.05, 4.69) is 10.3 Å².